The van der Waals surface area contributed by atoms with Gasteiger partial charge in [-0.2, -0.15) is 13.2 Å². The minimum Gasteiger partial charge on any atom is -0.479 e. The number of rotatable bonds is 2. The molecule has 1 heterocycles. The molecule has 1 saturated heterocycles. The second-order valence-electron chi connectivity index (χ2n) is 3.74. The summed E-state index contributed by atoms with van der Waals surface area (Å²) in [5.74, 6) is -3.64. The maximum absolute atomic E-state index is 10.6. The van der Waals surface area contributed by atoms with Crippen molar-refractivity contribution < 1.29 is 37.7 Å². The monoisotopic (exact) mass is 273 g/mol. The first-order valence-corrected chi connectivity index (χ1v) is 4.99. The van der Waals surface area contributed by atoms with Crippen LogP contribution in [0, 0.1) is 0 Å². The summed E-state index contributed by atoms with van der Waals surface area (Å²) >= 11 is 0. The van der Waals surface area contributed by atoms with E-state index in [0.717, 1.165) is 6.42 Å². The summed E-state index contributed by atoms with van der Waals surface area (Å²) in [5.41, 5.74) is 5.54. The van der Waals surface area contributed by atoms with Crippen LogP contribution in [0.5, 0.6) is 0 Å². The maximum atomic E-state index is 10.6. The Morgan fingerprint density at radius 3 is 1.94 bits per heavy atom. The maximum Gasteiger partial charge on any atom is 0.490 e. The number of hydrogen-bond donors (Lipinski definition) is 3. The molecule has 0 radical (unpaired) electrons. The predicted molar refractivity (Wildman–Crippen MR) is 52.9 cm³/mol. The molecule has 0 unspecified atom stereocenters. The van der Waals surface area contributed by atoms with Gasteiger partial charge in [0.1, 0.15) is 0 Å². The average molecular weight is 273 g/mol. The predicted octanol–water partition coefficient (Wildman–Crippen LogP) is 0.599. The zero-order valence-corrected chi connectivity index (χ0v) is 9.48. The summed E-state index contributed by atoms with van der Waals surface area (Å²) in [5, 5.41) is 15.7. The molecule has 1 fully saturated rings. The van der Waals surface area contributed by atoms with E-state index in [1.54, 1.807) is 0 Å². The zero-order valence-electron chi connectivity index (χ0n) is 9.48. The fourth-order valence-corrected chi connectivity index (χ4v) is 1.23. The number of halogens is 3. The van der Waals surface area contributed by atoms with Crippen molar-refractivity contribution in [2.45, 2.75) is 44.2 Å². The van der Waals surface area contributed by atoms with Crippen molar-refractivity contribution in [2.75, 3.05) is 0 Å². The Bertz CT molecular complexity index is 305. The molecule has 1 aliphatic rings. The summed E-state index contributed by atoms with van der Waals surface area (Å²) in [4.78, 5) is 19.3. The molecule has 0 amide bonds. The number of carbonyl (C=O) groups is 2. The van der Waals surface area contributed by atoms with Gasteiger partial charge >= 0.3 is 18.1 Å². The van der Waals surface area contributed by atoms with Gasteiger partial charge < -0.3 is 20.7 Å². The molecule has 0 aromatic heterocycles. The van der Waals surface area contributed by atoms with E-state index in [1.165, 1.54) is 0 Å². The van der Waals surface area contributed by atoms with E-state index >= 15 is 0 Å². The molecule has 1 rings (SSSR count). The Labute approximate surface area is 101 Å². The number of carboxylic acid groups (broad SMARTS) is 2. The highest BCUT2D eigenvalue weighted by Crippen LogP contribution is 2.21. The molecule has 4 N–H and O–H groups in total. The molecule has 0 aliphatic carbocycles. The molecule has 106 valence electrons. The van der Waals surface area contributed by atoms with Gasteiger partial charge in [-0.25, -0.2) is 9.59 Å². The topological polar surface area (TPSA) is 110 Å². The van der Waals surface area contributed by atoms with Gasteiger partial charge in [0.05, 0.1) is 6.10 Å². The van der Waals surface area contributed by atoms with Crippen molar-refractivity contribution in [2.24, 2.45) is 5.73 Å². The lowest BCUT2D eigenvalue weighted by atomic mass is 10.1. The van der Waals surface area contributed by atoms with Crippen LogP contribution in [-0.2, 0) is 14.3 Å². The molecule has 0 aromatic rings. The second kappa shape index (κ2) is 6.55. The molecular formula is C9H14F3NO5. The highest BCUT2D eigenvalue weighted by molar-refractivity contribution is 5.73. The Kier molecular flexibility index (Phi) is 6.06. The standard InChI is InChI=1S/C7H13NO3.C2HF3O2/c1-4(8)5-2-3-6(11-5)7(9)10;3-2(4,5)1(6)7/h4-6H,2-3,8H2,1H3,(H,9,10);(H,6,7)/t4-,5-,6+;/m1./s1. The summed E-state index contributed by atoms with van der Waals surface area (Å²) < 4.78 is 36.9. The lowest BCUT2D eigenvalue weighted by Crippen LogP contribution is -2.32. The molecule has 18 heavy (non-hydrogen) atoms. The van der Waals surface area contributed by atoms with E-state index in [0.29, 0.717) is 6.42 Å². The second-order valence-corrected chi connectivity index (χ2v) is 3.74. The van der Waals surface area contributed by atoms with Crippen molar-refractivity contribution >= 4 is 11.9 Å². The first-order chi connectivity index (χ1) is 8.05. The van der Waals surface area contributed by atoms with Gasteiger partial charge in [0.2, 0.25) is 0 Å². The first kappa shape index (κ1) is 16.6. The van der Waals surface area contributed by atoms with E-state index in [4.69, 9.17) is 25.5 Å². The normalized spacial score (nSPS) is 24.9. The van der Waals surface area contributed by atoms with Gasteiger partial charge in [-0.05, 0) is 19.8 Å². The third-order valence-electron chi connectivity index (χ3n) is 2.16. The van der Waals surface area contributed by atoms with Crippen LogP contribution in [0.4, 0.5) is 13.2 Å². The van der Waals surface area contributed by atoms with Crippen LogP contribution in [-0.4, -0.2) is 46.6 Å². The van der Waals surface area contributed by atoms with Crippen molar-refractivity contribution in [1.82, 2.24) is 0 Å². The molecule has 9 heteroatoms. The van der Waals surface area contributed by atoms with Gasteiger partial charge in [-0.1, -0.05) is 0 Å². The highest BCUT2D eigenvalue weighted by Gasteiger charge is 2.38. The smallest absolute Gasteiger partial charge is 0.479 e. The van der Waals surface area contributed by atoms with Crippen LogP contribution in [0.1, 0.15) is 19.8 Å². The van der Waals surface area contributed by atoms with Gasteiger partial charge in [0.25, 0.3) is 0 Å². The van der Waals surface area contributed by atoms with Gasteiger partial charge in [0.15, 0.2) is 6.10 Å². The van der Waals surface area contributed by atoms with Crippen LogP contribution in [0.15, 0.2) is 0 Å². The average Bonchev–Trinajstić information content (AvgIpc) is 2.65. The molecule has 0 bridgehead atoms. The first-order valence-electron chi connectivity index (χ1n) is 4.99. The van der Waals surface area contributed by atoms with Crippen LogP contribution in [0.2, 0.25) is 0 Å². The number of nitrogens with two attached hydrogens (primary N) is 1. The van der Waals surface area contributed by atoms with Crippen LogP contribution in [0.3, 0.4) is 0 Å². The lowest BCUT2D eigenvalue weighted by molar-refractivity contribution is -0.192. The van der Waals surface area contributed by atoms with E-state index in [2.05, 4.69) is 0 Å². The van der Waals surface area contributed by atoms with Crippen LogP contribution < -0.4 is 5.73 Å². The summed E-state index contributed by atoms with van der Waals surface area (Å²) in [6, 6.07) is -0.0700. The zero-order chi connectivity index (χ0) is 14.5. The third kappa shape index (κ3) is 5.82. The van der Waals surface area contributed by atoms with E-state index in [1.807, 2.05) is 6.92 Å². The van der Waals surface area contributed by atoms with Crippen LogP contribution in [0.25, 0.3) is 0 Å². The van der Waals surface area contributed by atoms with Crippen molar-refractivity contribution in [3.63, 3.8) is 0 Å². The quantitative estimate of drug-likeness (QED) is 0.679. The van der Waals surface area contributed by atoms with E-state index in [9.17, 15) is 18.0 Å². The third-order valence-corrected chi connectivity index (χ3v) is 2.16. The fourth-order valence-electron chi connectivity index (χ4n) is 1.23. The minimum absolute atomic E-state index is 0.0700. The fraction of sp³-hybridized carbons (Fsp3) is 0.778. The molecule has 0 saturated carbocycles. The van der Waals surface area contributed by atoms with Crippen molar-refractivity contribution in [1.29, 1.82) is 0 Å². The van der Waals surface area contributed by atoms with Crippen molar-refractivity contribution in [3.05, 3.63) is 0 Å². The number of aliphatic carboxylic acids is 2. The van der Waals surface area contributed by atoms with Gasteiger partial charge in [-0.3, -0.25) is 0 Å². The molecule has 0 spiro atoms. The Balaban J connectivity index is 0.000000360. The molecule has 1 aliphatic heterocycles. The summed E-state index contributed by atoms with van der Waals surface area (Å²) in [6.45, 7) is 1.83. The van der Waals surface area contributed by atoms with E-state index < -0.39 is 24.2 Å². The number of hydrogen-bond acceptors (Lipinski definition) is 4. The Morgan fingerprint density at radius 2 is 1.78 bits per heavy atom. The molecule has 3 atom stereocenters. The number of carboxylic acids is 2. The van der Waals surface area contributed by atoms with E-state index in [-0.39, 0.29) is 12.1 Å². The minimum atomic E-state index is -5.08. The lowest BCUT2D eigenvalue weighted by Gasteiger charge is -2.13. The van der Waals surface area contributed by atoms with Gasteiger partial charge in [0, 0.05) is 6.04 Å². The van der Waals surface area contributed by atoms with Gasteiger partial charge in [-0.15, -0.1) is 0 Å². The SMILES string of the molecule is C[C@@H](N)[C@H]1CC[C@@H](C(=O)O)O1.O=C(O)C(F)(F)F. The summed E-state index contributed by atoms with van der Waals surface area (Å²) in [7, 11) is 0. The molecule has 6 nitrogen and oxygen atoms in total. The van der Waals surface area contributed by atoms with Crippen LogP contribution >= 0.6 is 0 Å². The molecular weight excluding hydrogens is 259 g/mol. The number of alkyl halides is 3. The largest absolute Gasteiger partial charge is 0.490 e. The van der Waals surface area contributed by atoms with Crippen molar-refractivity contribution in [3.8, 4) is 0 Å². The number of ether oxygens (including phenoxy) is 1. The Morgan fingerprint density at radius 1 is 1.33 bits per heavy atom. The highest BCUT2D eigenvalue weighted by atomic mass is 19.4. The Hall–Kier alpha value is -1.35. The molecule has 0 aromatic carbocycles. The summed E-state index contributed by atoms with van der Waals surface area (Å²) in [6.07, 6.45) is -4.45.